The van der Waals surface area contributed by atoms with E-state index in [0.717, 1.165) is 5.39 Å². The van der Waals surface area contributed by atoms with Gasteiger partial charge in [-0.3, -0.25) is 9.36 Å². The molecule has 0 amide bonds. The van der Waals surface area contributed by atoms with Crippen LogP contribution in [0.4, 0.5) is 4.79 Å². The SMILES string of the molecule is COC(=O)n1ccc2c(C(C)C(=O)O)cccc21. The van der Waals surface area contributed by atoms with E-state index in [0.29, 0.717) is 11.1 Å². The summed E-state index contributed by atoms with van der Waals surface area (Å²) in [5.41, 5.74) is 1.33. The zero-order valence-corrected chi connectivity index (χ0v) is 10.1. The molecule has 1 N–H and O–H groups in total. The molecule has 1 heterocycles. The molecule has 0 bridgehead atoms. The molecule has 2 aromatic rings. The summed E-state index contributed by atoms with van der Waals surface area (Å²) >= 11 is 0. The Kier molecular flexibility index (Phi) is 3.06. The molecule has 0 aliphatic heterocycles. The maximum absolute atomic E-state index is 11.5. The van der Waals surface area contributed by atoms with Gasteiger partial charge in [-0.15, -0.1) is 0 Å². The molecule has 1 aromatic heterocycles. The summed E-state index contributed by atoms with van der Waals surface area (Å²) < 4.78 is 6.01. The molecule has 0 aliphatic rings. The highest BCUT2D eigenvalue weighted by molar-refractivity contribution is 5.94. The Morgan fingerprint density at radius 1 is 1.33 bits per heavy atom. The Hall–Kier alpha value is -2.30. The fourth-order valence-corrected chi connectivity index (χ4v) is 1.96. The van der Waals surface area contributed by atoms with Crippen LogP contribution in [-0.4, -0.2) is 28.8 Å². The molecular formula is C13H13NO4. The van der Waals surface area contributed by atoms with Crippen LogP contribution in [0.2, 0.25) is 0 Å². The van der Waals surface area contributed by atoms with E-state index in [1.165, 1.54) is 11.7 Å². The van der Waals surface area contributed by atoms with Crippen molar-refractivity contribution in [1.82, 2.24) is 4.57 Å². The molecule has 94 valence electrons. The molecule has 0 radical (unpaired) electrons. The number of ether oxygens (including phenoxy) is 1. The van der Waals surface area contributed by atoms with Crippen LogP contribution in [0.5, 0.6) is 0 Å². The summed E-state index contributed by atoms with van der Waals surface area (Å²) in [5.74, 6) is -1.52. The third-order valence-electron chi connectivity index (χ3n) is 2.97. The summed E-state index contributed by atoms with van der Waals surface area (Å²) in [6.45, 7) is 1.62. The molecule has 0 fully saturated rings. The van der Waals surface area contributed by atoms with Gasteiger partial charge in [0.25, 0.3) is 0 Å². The normalized spacial score (nSPS) is 12.3. The molecule has 1 atom stereocenters. The number of benzene rings is 1. The number of carbonyl (C=O) groups is 2. The average Bonchev–Trinajstić information content (AvgIpc) is 2.80. The second-order valence-electron chi connectivity index (χ2n) is 4.00. The number of methoxy groups -OCH3 is 1. The van der Waals surface area contributed by atoms with E-state index >= 15 is 0 Å². The first-order valence-electron chi connectivity index (χ1n) is 5.47. The lowest BCUT2D eigenvalue weighted by Crippen LogP contribution is -2.10. The largest absolute Gasteiger partial charge is 0.481 e. The number of aliphatic carboxylic acids is 1. The number of carbonyl (C=O) groups excluding carboxylic acids is 1. The molecule has 1 aromatic carbocycles. The fraction of sp³-hybridized carbons (Fsp3) is 0.231. The van der Waals surface area contributed by atoms with E-state index in [9.17, 15) is 9.59 Å². The molecule has 0 spiro atoms. The van der Waals surface area contributed by atoms with Crippen molar-refractivity contribution in [3.8, 4) is 0 Å². The van der Waals surface area contributed by atoms with Crippen molar-refractivity contribution in [3.05, 3.63) is 36.0 Å². The van der Waals surface area contributed by atoms with Gasteiger partial charge in [0.15, 0.2) is 0 Å². The van der Waals surface area contributed by atoms with E-state index in [4.69, 9.17) is 5.11 Å². The summed E-state index contributed by atoms with van der Waals surface area (Å²) in [7, 11) is 1.30. The standard InChI is InChI=1S/C13H13NO4/c1-8(12(15)16)9-4-3-5-11-10(9)6-7-14(11)13(17)18-2/h3-8H,1-2H3,(H,15,16). The van der Waals surface area contributed by atoms with Gasteiger partial charge in [0.2, 0.25) is 0 Å². The van der Waals surface area contributed by atoms with Crippen LogP contribution in [0.1, 0.15) is 18.4 Å². The van der Waals surface area contributed by atoms with Crippen molar-refractivity contribution < 1.29 is 19.4 Å². The van der Waals surface area contributed by atoms with Crippen LogP contribution in [0, 0.1) is 0 Å². The topological polar surface area (TPSA) is 68.5 Å². The van der Waals surface area contributed by atoms with Crippen molar-refractivity contribution >= 4 is 23.0 Å². The minimum atomic E-state index is -0.895. The number of hydrogen-bond donors (Lipinski definition) is 1. The summed E-state index contributed by atoms with van der Waals surface area (Å²) in [4.78, 5) is 22.6. The van der Waals surface area contributed by atoms with Crippen molar-refractivity contribution in [3.63, 3.8) is 0 Å². The van der Waals surface area contributed by atoms with E-state index < -0.39 is 18.0 Å². The number of fused-ring (bicyclic) bond motifs is 1. The Labute approximate surface area is 104 Å². The Bertz CT molecular complexity index is 614. The van der Waals surface area contributed by atoms with Crippen molar-refractivity contribution in [2.75, 3.05) is 7.11 Å². The van der Waals surface area contributed by atoms with E-state index in [2.05, 4.69) is 4.74 Å². The summed E-state index contributed by atoms with van der Waals surface area (Å²) in [6.07, 6.45) is 1.08. The van der Waals surface area contributed by atoms with Crippen LogP contribution in [0.25, 0.3) is 10.9 Å². The van der Waals surface area contributed by atoms with Gasteiger partial charge in [-0.05, 0) is 24.6 Å². The minimum absolute atomic E-state index is 0.495. The third kappa shape index (κ3) is 1.84. The van der Waals surface area contributed by atoms with Gasteiger partial charge >= 0.3 is 12.1 Å². The molecular weight excluding hydrogens is 234 g/mol. The lowest BCUT2D eigenvalue weighted by molar-refractivity contribution is -0.138. The van der Waals surface area contributed by atoms with Crippen LogP contribution in [0.3, 0.4) is 0 Å². The minimum Gasteiger partial charge on any atom is -0.481 e. The predicted octanol–water partition coefficient (Wildman–Crippen LogP) is 2.44. The second-order valence-corrected chi connectivity index (χ2v) is 4.00. The number of rotatable bonds is 2. The zero-order valence-electron chi connectivity index (χ0n) is 10.1. The second kappa shape index (κ2) is 4.52. The summed E-state index contributed by atoms with van der Waals surface area (Å²) in [6, 6.07) is 6.96. The Morgan fingerprint density at radius 3 is 2.67 bits per heavy atom. The number of nitrogens with zero attached hydrogens (tertiary/aromatic N) is 1. The highest BCUT2D eigenvalue weighted by Gasteiger charge is 2.18. The van der Waals surface area contributed by atoms with Crippen molar-refractivity contribution in [2.45, 2.75) is 12.8 Å². The first-order chi connectivity index (χ1) is 8.56. The smallest absolute Gasteiger partial charge is 0.418 e. The summed E-state index contributed by atoms with van der Waals surface area (Å²) in [5, 5.41) is 9.81. The lowest BCUT2D eigenvalue weighted by Gasteiger charge is -2.09. The van der Waals surface area contributed by atoms with E-state index in [-0.39, 0.29) is 0 Å². The number of hydrogen-bond acceptors (Lipinski definition) is 3. The molecule has 5 heteroatoms. The Morgan fingerprint density at radius 2 is 2.06 bits per heavy atom. The van der Waals surface area contributed by atoms with Gasteiger partial charge in [-0.25, -0.2) is 4.79 Å². The van der Waals surface area contributed by atoms with Crippen LogP contribution >= 0.6 is 0 Å². The Balaban J connectivity index is 2.62. The predicted molar refractivity (Wildman–Crippen MR) is 65.8 cm³/mol. The van der Waals surface area contributed by atoms with Crippen molar-refractivity contribution in [1.29, 1.82) is 0 Å². The highest BCUT2D eigenvalue weighted by Crippen LogP contribution is 2.26. The van der Waals surface area contributed by atoms with Gasteiger partial charge in [-0.2, -0.15) is 0 Å². The van der Waals surface area contributed by atoms with E-state index in [1.54, 1.807) is 37.4 Å². The first-order valence-corrected chi connectivity index (χ1v) is 5.47. The van der Waals surface area contributed by atoms with E-state index in [1.807, 2.05) is 0 Å². The highest BCUT2D eigenvalue weighted by atomic mass is 16.5. The molecule has 18 heavy (non-hydrogen) atoms. The van der Waals surface area contributed by atoms with Gasteiger partial charge in [0.05, 0.1) is 18.5 Å². The molecule has 0 aliphatic carbocycles. The lowest BCUT2D eigenvalue weighted by atomic mass is 9.98. The molecule has 0 saturated carbocycles. The fourth-order valence-electron chi connectivity index (χ4n) is 1.96. The molecule has 5 nitrogen and oxygen atoms in total. The van der Waals surface area contributed by atoms with Crippen LogP contribution < -0.4 is 0 Å². The molecule has 0 saturated heterocycles. The quantitative estimate of drug-likeness (QED) is 0.885. The third-order valence-corrected chi connectivity index (χ3v) is 2.97. The zero-order chi connectivity index (χ0) is 13.3. The number of aromatic nitrogens is 1. The first kappa shape index (κ1) is 12.2. The van der Waals surface area contributed by atoms with Crippen LogP contribution in [0.15, 0.2) is 30.5 Å². The average molecular weight is 247 g/mol. The maximum atomic E-state index is 11.5. The van der Waals surface area contributed by atoms with Gasteiger partial charge in [0, 0.05) is 11.6 Å². The van der Waals surface area contributed by atoms with Gasteiger partial charge in [-0.1, -0.05) is 12.1 Å². The maximum Gasteiger partial charge on any atom is 0.418 e. The number of carboxylic acid groups (broad SMARTS) is 1. The molecule has 1 unspecified atom stereocenters. The van der Waals surface area contributed by atoms with Crippen LogP contribution in [-0.2, 0) is 9.53 Å². The van der Waals surface area contributed by atoms with Crippen molar-refractivity contribution in [2.24, 2.45) is 0 Å². The molecule has 2 rings (SSSR count). The van der Waals surface area contributed by atoms with Gasteiger partial charge < -0.3 is 9.84 Å². The number of carboxylic acids is 1. The van der Waals surface area contributed by atoms with Gasteiger partial charge in [0.1, 0.15) is 0 Å². The monoisotopic (exact) mass is 247 g/mol.